The van der Waals surface area contributed by atoms with Crippen LogP contribution in [0.4, 0.5) is 10.5 Å². The Kier molecular flexibility index (Phi) is 4.89. The second kappa shape index (κ2) is 7.44. The van der Waals surface area contributed by atoms with Gasteiger partial charge in [-0.1, -0.05) is 36.4 Å². The molecule has 0 fully saturated rings. The third-order valence-corrected chi connectivity index (χ3v) is 3.77. The van der Waals surface area contributed by atoms with Crippen LogP contribution >= 0.6 is 0 Å². The molecule has 25 heavy (non-hydrogen) atoms. The van der Waals surface area contributed by atoms with Crippen LogP contribution in [-0.2, 0) is 11.3 Å². The number of nitrogens with zero attached hydrogens (tertiary/aromatic N) is 1. The number of rotatable bonds is 4. The highest BCUT2D eigenvalue weighted by atomic mass is 16.5. The number of hydrogen-bond donors (Lipinski definition) is 2. The van der Waals surface area contributed by atoms with Crippen molar-refractivity contribution in [2.45, 2.75) is 6.54 Å². The lowest BCUT2D eigenvalue weighted by atomic mass is 10.1. The van der Waals surface area contributed by atoms with Crippen LogP contribution in [0.25, 0.3) is 10.8 Å². The lowest BCUT2D eigenvalue weighted by Gasteiger charge is -2.11. The van der Waals surface area contributed by atoms with Crippen LogP contribution in [0.2, 0.25) is 0 Å². The summed E-state index contributed by atoms with van der Waals surface area (Å²) in [6.45, 7) is 0.284. The van der Waals surface area contributed by atoms with E-state index in [1.165, 1.54) is 7.11 Å². The van der Waals surface area contributed by atoms with Gasteiger partial charge in [-0.25, -0.2) is 4.79 Å². The van der Waals surface area contributed by atoms with E-state index < -0.39 is 6.09 Å². The molecule has 0 saturated heterocycles. The number of anilines is 1. The standard InChI is InChI=1S/C19H17N3O3/c1-25-19(24)22-16-9-5-4-8-15(16)18(23)21-12-17-14-7-3-2-6-13(14)10-11-20-17/h2-11H,12H2,1H3,(H,21,23)(H,22,24). The number of benzene rings is 2. The summed E-state index contributed by atoms with van der Waals surface area (Å²) in [4.78, 5) is 28.3. The van der Waals surface area contributed by atoms with Gasteiger partial charge in [0.15, 0.2) is 0 Å². The fraction of sp³-hybridized carbons (Fsp3) is 0.105. The Morgan fingerprint density at radius 3 is 2.64 bits per heavy atom. The minimum absolute atomic E-state index is 0.284. The largest absolute Gasteiger partial charge is 0.453 e. The highest BCUT2D eigenvalue weighted by Crippen LogP contribution is 2.18. The van der Waals surface area contributed by atoms with Crippen molar-refractivity contribution in [3.63, 3.8) is 0 Å². The Bertz CT molecular complexity index is 919. The van der Waals surface area contributed by atoms with Gasteiger partial charge < -0.3 is 10.1 Å². The summed E-state index contributed by atoms with van der Waals surface area (Å²) < 4.78 is 4.57. The highest BCUT2D eigenvalue weighted by Gasteiger charge is 2.13. The van der Waals surface area contributed by atoms with Crippen molar-refractivity contribution in [2.75, 3.05) is 12.4 Å². The minimum atomic E-state index is -0.629. The number of methoxy groups -OCH3 is 1. The van der Waals surface area contributed by atoms with Gasteiger partial charge in [-0.05, 0) is 23.6 Å². The van der Waals surface area contributed by atoms with Gasteiger partial charge in [0.25, 0.3) is 5.91 Å². The first-order valence-electron chi connectivity index (χ1n) is 7.74. The Hall–Kier alpha value is -3.41. The molecule has 3 aromatic rings. The zero-order chi connectivity index (χ0) is 17.6. The lowest BCUT2D eigenvalue weighted by molar-refractivity contribution is 0.0951. The average molecular weight is 335 g/mol. The van der Waals surface area contributed by atoms with Crippen LogP contribution in [-0.4, -0.2) is 24.1 Å². The molecule has 6 nitrogen and oxygen atoms in total. The van der Waals surface area contributed by atoms with Gasteiger partial charge in [-0.3, -0.25) is 15.1 Å². The van der Waals surface area contributed by atoms with Crippen LogP contribution in [0.15, 0.2) is 60.8 Å². The number of amides is 2. The van der Waals surface area contributed by atoms with Crippen molar-refractivity contribution < 1.29 is 14.3 Å². The first-order chi connectivity index (χ1) is 12.2. The fourth-order valence-electron chi connectivity index (χ4n) is 2.53. The molecule has 0 aliphatic heterocycles. The van der Waals surface area contributed by atoms with E-state index in [1.54, 1.807) is 30.5 Å². The molecule has 6 heteroatoms. The molecule has 3 rings (SSSR count). The van der Waals surface area contributed by atoms with Crippen LogP contribution in [0.3, 0.4) is 0 Å². The van der Waals surface area contributed by atoms with Crippen molar-refractivity contribution in [1.29, 1.82) is 0 Å². The van der Waals surface area contributed by atoms with Crippen LogP contribution in [0.5, 0.6) is 0 Å². The minimum Gasteiger partial charge on any atom is -0.453 e. The van der Waals surface area contributed by atoms with Crippen molar-refractivity contribution in [3.05, 3.63) is 72.1 Å². The Morgan fingerprint density at radius 2 is 1.80 bits per heavy atom. The molecule has 2 N–H and O–H groups in total. The predicted octanol–water partition coefficient (Wildman–Crippen LogP) is 3.34. The second-order valence-corrected chi connectivity index (χ2v) is 5.32. The lowest BCUT2D eigenvalue weighted by Crippen LogP contribution is -2.25. The monoisotopic (exact) mass is 335 g/mol. The van der Waals surface area contributed by atoms with Crippen molar-refractivity contribution in [3.8, 4) is 0 Å². The van der Waals surface area contributed by atoms with Crippen molar-refractivity contribution in [2.24, 2.45) is 0 Å². The zero-order valence-electron chi connectivity index (χ0n) is 13.7. The molecule has 0 atom stereocenters. The van der Waals surface area contributed by atoms with Gasteiger partial charge in [0.1, 0.15) is 0 Å². The molecule has 0 radical (unpaired) electrons. The number of nitrogens with one attached hydrogen (secondary N) is 2. The molecule has 1 heterocycles. The molecule has 0 bridgehead atoms. The number of ether oxygens (including phenoxy) is 1. The third-order valence-electron chi connectivity index (χ3n) is 3.77. The third kappa shape index (κ3) is 3.74. The quantitative estimate of drug-likeness (QED) is 0.766. The van der Waals surface area contributed by atoms with E-state index in [9.17, 15) is 9.59 Å². The number of carbonyl (C=O) groups is 2. The number of pyridine rings is 1. The Balaban J connectivity index is 1.78. The Morgan fingerprint density at radius 1 is 1.04 bits per heavy atom. The smallest absolute Gasteiger partial charge is 0.411 e. The van der Waals surface area contributed by atoms with E-state index >= 15 is 0 Å². The first-order valence-corrected chi connectivity index (χ1v) is 7.74. The number of hydrogen-bond acceptors (Lipinski definition) is 4. The molecule has 0 unspecified atom stereocenters. The second-order valence-electron chi connectivity index (χ2n) is 5.32. The van der Waals surface area contributed by atoms with Crippen molar-refractivity contribution >= 4 is 28.5 Å². The summed E-state index contributed by atoms with van der Waals surface area (Å²) >= 11 is 0. The predicted molar refractivity (Wildman–Crippen MR) is 95.4 cm³/mol. The summed E-state index contributed by atoms with van der Waals surface area (Å²) in [5, 5.41) is 7.43. The van der Waals surface area contributed by atoms with Crippen LogP contribution in [0, 0.1) is 0 Å². The molecule has 1 aromatic heterocycles. The normalized spacial score (nSPS) is 10.3. The Labute approximate surface area is 144 Å². The summed E-state index contributed by atoms with van der Waals surface area (Å²) in [5.41, 5.74) is 1.52. The van der Waals surface area contributed by atoms with Gasteiger partial charge in [-0.15, -0.1) is 0 Å². The number of aromatic nitrogens is 1. The highest BCUT2D eigenvalue weighted by molar-refractivity contribution is 6.02. The molecule has 2 aromatic carbocycles. The molecule has 126 valence electrons. The molecule has 0 aliphatic rings. The number of fused-ring (bicyclic) bond motifs is 1. The van der Waals surface area contributed by atoms with Gasteiger partial charge in [0, 0.05) is 11.6 Å². The maximum absolute atomic E-state index is 12.5. The molecule has 0 saturated carbocycles. The number of carbonyl (C=O) groups excluding carboxylic acids is 2. The van der Waals surface area contributed by atoms with Crippen LogP contribution in [0.1, 0.15) is 16.1 Å². The SMILES string of the molecule is COC(=O)Nc1ccccc1C(=O)NCc1nccc2ccccc12. The van der Waals surface area contributed by atoms with Gasteiger partial charge in [0.05, 0.1) is 30.6 Å². The maximum Gasteiger partial charge on any atom is 0.411 e. The topological polar surface area (TPSA) is 80.3 Å². The molecule has 2 amide bonds. The summed E-state index contributed by atoms with van der Waals surface area (Å²) in [6.07, 6.45) is 1.09. The first kappa shape index (κ1) is 16.4. The van der Waals surface area contributed by atoms with Gasteiger partial charge >= 0.3 is 6.09 Å². The zero-order valence-corrected chi connectivity index (χ0v) is 13.7. The molecular weight excluding hydrogens is 318 g/mol. The van der Waals surface area contributed by atoms with E-state index in [4.69, 9.17) is 0 Å². The van der Waals surface area contributed by atoms with Gasteiger partial charge in [0.2, 0.25) is 0 Å². The molecule has 0 spiro atoms. The van der Waals surface area contributed by atoms with Crippen LogP contribution < -0.4 is 10.6 Å². The summed E-state index contributed by atoms with van der Waals surface area (Å²) in [7, 11) is 1.27. The van der Waals surface area contributed by atoms with E-state index in [1.807, 2.05) is 30.3 Å². The van der Waals surface area contributed by atoms with E-state index in [0.29, 0.717) is 11.3 Å². The summed E-state index contributed by atoms with van der Waals surface area (Å²) in [5.74, 6) is -0.304. The molecule has 0 aliphatic carbocycles. The maximum atomic E-state index is 12.5. The number of para-hydroxylation sites is 1. The van der Waals surface area contributed by atoms with E-state index in [-0.39, 0.29) is 12.5 Å². The fourth-order valence-corrected chi connectivity index (χ4v) is 2.53. The average Bonchev–Trinajstić information content (AvgIpc) is 2.66. The van der Waals surface area contributed by atoms with Gasteiger partial charge in [-0.2, -0.15) is 0 Å². The summed E-state index contributed by atoms with van der Waals surface area (Å²) in [6, 6.07) is 16.5. The molecular formula is C19H17N3O3. The van der Waals surface area contributed by atoms with E-state index in [2.05, 4.69) is 20.4 Å². The van der Waals surface area contributed by atoms with E-state index in [0.717, 1.165) is 16.5 Å². The van der Waals surface area contributed by atoms with Crippen molar-refractivity contribution in [1.82, 2.24) is 10.3 Å².